The number of nitrogen functional groups attached to an aromatic ring is 1. The molecular formula is C10H17N3O. The highest BCUT2D eigenvalue weighted by Gasteiger charge is 2.16. The van der Waals surface area contributed by atoms with E-state index in [9.17, 15) is 5.11 Å². The minimum absolute atomic E-state index is 0.498. The Morgan fingerprint density at radius 1 is 1.57 bits per heavy atom. The molecule has 1 unspecified atom stereocenters. The molecule has 0 fully saturated rings. The molecule has 1 aromatic heterocycles. The molecule has 0 aromatic carbocycles. The van der Waals surface area contributed by atoms with Crippen molar-refractivity contribution in [3.05, 3.63) is 18.3 Å². The van der Waals surface area contributed by atoms with Crippen molar-refractivity contribution in [2.75, 3.05) is 17.6 Å². The Hall–Kier alpha value is -1.29. The number of aromatic nitrogens is 1. The second-order valence-electron chi connectivity index (χ2n) is 3.68. The standard InChI is InChI=1S/C10H17N3O/c1-3-10(2,14)7-13-8-4-5-9(11)12-6-8/h4-6,13-14H,3,7H2,1-2H3,(H2,11,12). The van der Waals surface area contributed by atoms with Gasteiger partial charge in [0.1, 0.15) is 5.82 Å². The van der Waals surface area contributed by atoms with E-state index < -0.39 is 5.60 Å². The monoisotopic (exact) mass is 195 g/mol. The molecule has 0 aliphatic rings. The van der Waals surface area contributed by atoms with Gasteiger partial charge in [-0.1, -0.05) is 6.92 Å². The van der Waals surface area contributed by atoms with E-state index in [1.54, 1.807) is 19.2 Å². The van der Waals surface area contributed by atoms with Gasteiger partial charge < -0.3 is 16.2 Å². The Morgan fingerprint density at radius 3 is 2.79 bits per heavy atom. The van der Waals surface area contributed by atoms with Crippen LogP contribution in [0, 0.1) is 0 Å². The molecule has 0 spiro atoms. The van der Waals surface area contributed by atoms with Crippen molar-refractivity contribution in [1.82, 2.24) is 4.98 Å². The number of rotatable bonds is 4. The first-order valence-electron chi connectivity index (χ1n) is 4.71. The normalized spacial score (nSPS) is 14.8. The van der Waals surface area contributed by atoms with Crippen molar-refractivity contribution in [3.8, 4) is 0 Å². The molecule has 1 heterocycles. The van der Waals surface area contributed by atoms with E-state index in [1.165, 1.54) is 0 Å². The van der Waals surface area contributed by atoms with Gasteiger partial charge in [-0.25, -0.2) is 4.98 Å². The van der Waals surface area contributed by atoms with E-state index in [-0.39, 0.29) is 0 Å². The van der Waals surface area contributed by atoms with Gasteiger partial charge in [0, 0.05) is 6.54 Å². The van der Waals surface area contributed by atoms with Gasteiger partial charge in [0.2, 0.25) is 0 Å². The van der Waals surface area contributed by atoms with Crippen LogP contribution in [0.2, 0.25) is 0 Å². The number of anilines is 2. The molecule has 4 heteroatoms. The molecule has 1 aromatic rings. The molecule has 0 saturated carbocycles. The van der Waals surface area contributed by atoms with Gasteiger partial charge in [-0.05, 0) is 25.5 Å². The van der Waals surface area contributed by atoms with Crippen LogP contribution in [0.1, 0.15) is 20.3 Å². The average molecular weight is 195 g/mol. The number of hydrogen-bond acceptors (Lipinski definition) is 4. The molecule has 1 atom stereocenters. The molecule has 4 N–H and O–H groups in total. The van der Waals surface area contributed by atoms with Crippen LogP contribution in [0.3, 0.4) is 0 Å². The minimum Gasteiger partial charge on any atom is -0.388 e. The first-order valence-corrected chi connectivity index (χ1v) is 4.71. The molecule has 0 aliphatic heterocycles. The van der Waals surface area contributed by atoms with E-state index in [0.29, 0.717) is 18.8 Å². The van der Waals surface area contributed by atoms with Crippen molar-refractivity contribution in [1.29, 1.82) is 0 Å². The topological polar surface area (TPSA) is 71.2 Å². The molecule has 0 bridgehead atoms. The fourth-order valence-corrected chi connectivity index (χ4v) is 0.927. The smallest absolute Gasteiger partial charge is 0.123 e. The number of hydrogen-bond donors (Lipinski definition) is 3. The molecule has 0 amide bonds. The minimum atomic E-state index is -0.679. The van der Waals surface area contributed by atoms with Gasteiger partial charge in [-0.15, -0.1) is 0 Å². The first kappa shape index (κ1) is 10.8. The lowest BCUT2D eigenvalue weighted by Crippen LogP contribution is -2.32. The zero-order valence-electron chi connectivity index (χ0n) is 8.62. The van der Waals surface area contributed by atoms with Crippen LogP contribution in [0.15, 0.2) is 18.3 Å². The van der Waals surface area contributed by atoms with Gasteiger partial charge in [-0.3, -0.25) is 0 Å². The lowest BCUT2D eigenvalue weighted by molar-refractivity contribution is 0.0697. The molecular weight excluding hydrogens is 178 g/mol. The number of pyridine rings is 1. The predicted molar refractivity (Wildman–Crippen MR) is 58.1 cm³/mol. The van der Waals surface area contributed by atoms with Gasteiger partial charge in [0.15, 0.2) is 0 Å². The highest BCUT2D eigenvalue weighted by molar-refractivity contribution is 5.45. The predicted octanol–water partition coefficient (Wildman–Crippen LogP) is 1.24. The fraction of sp³-hybridized carbons (Fsp3) is 0.500. The summed E-state index contributed by atoms with van der Waals surface area (Å²) in [5, 5.41) is 12.8. The third-order valence-corrected chi connectivity index (χ3v) is 2.22. The summed E-state index contributed by atoms with van der Waals surface area (Å²) in [4.78, 5) is 3.94. The highest BCUT2D eigenvalue weighted by atomic mass is 16.3. The Balaban J connectivity index is 2.50. The van der Waals surface area contributed by atoms with Crippen LogP contribution in [0.5, 0.6) is 0 Å². The van der Waals surface area contributed by atoms with Gasteiger partial charge in [0.25, 0.3) is 0 Å². The maximum atomic E-state index is 9.73. The fourth-order valence-electron chi connectivity index (χ4n) is 0.927. The van der Waals surface area contributed by atoms with Gasteiger partial charge in [-0.2, -0.15) is 0 Å². The highest BCUT2D eigenvalue weighted by Crippen LogP contribution is 2.12. The van der Waals surface area contributed by atoms with E-state index >= 15 is 0 Å². The Kier molecular flexibility index (Phi) is 3.30. The molecule has 14 heavy (non-hydrogen) atoms. The summed E-state index contributed by atoms with van der Waals surface area (Å²) in [5.41, 5.74) is 5.64. The van der Waals surface area contributed by atoms with Crippen molar-refractivity contribution < 1.29 is 5.11 Å². The van der Waals surface area contributed by atoms with Crippen molar-refractivity contribution >= 4 is 11.5 Å². The summed E-state index contributed by atoms with van der Waals surface area (Å²) in [7, 11) is 0. The second-order valence-corrected chi connectivity index (χ2v) is 3.68. The maximum Gasteiger partial charge on any atom is 0.123 e. The number of aliphatic hydroxyl groups is 1. The molecule has 4 nitrogen and oxygen atoms in total. The van der Waals surface area contributed by atoms with Gasteiger partial charge >= 0.3 is 0 Å². The third-order valence-electron chi connectivity index (χ3n) is 2.22. The zero-order chi connectivity index (χ0) is 10.6. The van der Waals surface area contributed by atoms with E-state index in [1.807, 2.05) is 13.0 Å². The Morgan fingerprint density at radius 2 is 2.29 bits per heavy atom. The summed E-state index contributed by atoms with van der Waals surface area (Å²) in [6.07, 6.45) is 2.36. The van der Waals surface area contributed by atoms with Crippen LogP contribution in [-0.2, 0) is 0 Å². The summed E-state index contributed by atoms with van der Waals surface area (Å²) < 4.78 is 0. The lowest BCUT2D eigenvalue weighted by atomic mass is 10.0. The molecule has 0 aliphatic carbocycles. The zero-order valence-corrected chi connectivity index (χ0v) is 8.62. The van der Waals surface area contributed by atoms with E-state index in [4.69, 9.17) is 5.73 Å². The van der Waals surface area contributed by atoms with Crippen LogP contribution in [0.25, 0.3) is 0 Å². The van der Waals surface area contributed by atoms with Crippen LogP contribution >= 0.6 is 0 Å². The quantitative estimate of drug-likeness (QED) is 0.676. The first-order chi connectivity index (χ1) is 6.53. The summed E-state index contributed by atoms with van der Waals surface area (Å²) in [5.74, 6) is 0.498. The third kappa shape index (κ3) is 3.22. The number of nitrogens with zero attached hydrogens (tertiary/aromatic N) is 1. The van der Waals surface area contributed by atoms with Gasteiger partial charge in [0.05, 0.1) is 17.5 Å². The average Bonchev–Trinajstić information content (AvgIpc) is 2.17. The summed E-state index contributed by atoms with van der Waals surface area (Å²) in [6.45, 7) is 4.25. The Bertz CT molecular complexity index is 282. The molecule has 78 valence electrons. The van der Waals surface area contributed by atoms with E-state index in [2.05, 4.69) is 10.3 Å². The molecule has 1 rings (SSSR count). The lowest BCUT2D eigenvalue weighted by Gasteiger charge is -2.22. The summed E-state index contributed by atoms with van der Waals surface area (Å²) in [6, 6.07) is 3.57. The Labute approximate surface area is 84.2 Å². The summed E-state index contributed by atoms with van der Waals surface area (Å²) >= 11 is 0. The SMILES string of the molecule is CCC(C)(O)CNc1ccc(N)nc1. The van der Waals surface area contributed by atoms with Crippen LogP contribution < -0.4 is 11.1 Å². The van der Waals surface area contributed by atoms with Crippen LogP contribution in [0.4, 0.5) is 11.5 Å². The van der Waals surface area contributed by atoms with Crippen LogP contribution in [-0.4, -0.2) is 22.2 Å². The van der Waals surface area contributed by atoms with Crippen molar-refractivity contribution in [3.63, 3.8) is 0 Å². The number of nitrogens with two attached hydrogens (primary N) is 1. The maximum absolute atomic E-state index is 9.73. The van der Waals surface area contributed by atoms with Crippen molar-refractivity contribution in [2.24, 2.45) is 0 Å². The molecule has 0 saturated heterocycles. The van der Waals surface area contributed by atoms with E-state index in [0.717, 1.165) is 5.69 Å². The second kappa shape index (κ2) is 4.28. The van der Waals surface area contributed by atoms with Crippen molar-refractivity contribution in [2.45, 2.75) is 25.9 Å². The largest absolute Gasteiger partial charge is 0.388 e. The molecule has 0 radical (unpaired) electrons. The number of nitrogens with one attached hydrogen (secondary N) is 1.